The molecule has 4 nitrogen and oxygen atoms in total. The van der Waals surface area contributed by atoms with Gasteiger partial charge in [0.2, 0.25) is 5.91 Å². The van der Waals surface area contributed by atoms with Gasteiger partial charge in [0.15, 0.2) is 0 Å². The van der Waals surface area contributed by atoms with Gasteiger partial charge in [-0.05, 0) is 31.2 Å². The predicted molar refractivity (Wildman–Crippen MR) is 83.8 cm³/mol. The van der Waals surface area contributed by atoms with Crippen molar-refractivity contribution >= 4 is 5.91 Å². The first-order valence-electron chi connectivity index (χ1n) is 7.77. The zero-order valence-corrected chi connectivity index (χ0v) is 12.8. The molecule has 1 unspecified atom stereocenters. The van der Waals surface area contributed by atoms with E-state index in [0.717, 1.165) is 32.1 Å². The van der Waals surface area contributed by atoms with E-state index in [9.17, 15) is 9.90 Å². The van der Waals surface area contributed by atoms with E-state index in [1.54, 1.807) is 11.9 Å². The van der Waals surface area contributed by atoms with Crippen LogP contribution in [0.15, 0.2) is 30.3 Å². The number of hydrogen-bond acceptors (Lipinski definition) is 3. The zero-order chi connectivity index (χ0) is 15.3. The highest BCUT2D eigenvalue weighted by molar-refractivity contribution is 5.81. The molecule has 3 N–H and O–H groups in total. The van der Waals surface area contributed by atoms with Gasteiger partial charge in [0, 0.05) is 13.6 Å². The van der Waals surface area contributed by atoms with Crippen molar-refractivity contribution < 1.29 is 9.90 Å². The highest BCUT2D eigenvalue weighted by Crippen LogP contribution is 2.30. The zero-order valence-electron chi connectivity index (χ0n) is 12.8. The van der Waals surface area contributed by atoms with Gasteiger partial charge in [0.05, 0.1) is 11.6 Å². The number of aryl methyl sites for hydroxylation is 1. The second-order valence-corrected chi connectivity index (χ2v) is 6.26. The molecular formula is C17H26N2O2. The summed E-state index contributed by atoms with van der Waals surface area (Å²) in [5, 5.41) is 10.4. The number of aliphatic hydroxyl groups is 1. The van der Waals surface area contributed by atoms with E-state index in [1.165, 1.54) is 5.56 Å². The summed E-state index contributed by atoms with van der Waals surface area (Å²) < 4.78 is 0. The van der Waals surface area contributed by atoms with Crippen molar-refractivity contribution in [2.45, 2.75) is 50.2 Å². The van der Waals surface area contributed by atoms with E-state index in [-0.39, 0.29) is 5.91 Å². The maximum Gasteiger partial charge on any atom is 0.239 e. The SMILES string of the molecule is CN(CC1(O)CCCC1)C(=O)C(N)CCc1ccccc1. The van der Waals surface area contributed by atoms with Gasteiger partial charge < -0.3 is 15.7 Å². The summed E-state index contributed by atoms with van der Waals surface area (Å²) in [7, 11) is 1.74. The highest BCUT2D eigenvalue weighted by atomic mass is 16.3. The number of benzene rings is 1. The molecule has 1 aliphatic rings. The van der Waals surface area contributed by atoms with Gasteiger partial charge >= 0.3 is 0 Å². The number of nitrogens with two attached hydrogens (primary N) is 1. The van der Waals surface area contributed by atoms with Crippen LogP contribution in [0.25, 0.3) is 0 Å². The van der Waals surface area contributed by atoms with Crippen molar-refractivity contribution in [3.05, 3.63) is 35.9 Å². The number of likely N-dealkylation sites (N-methyl/N-ethyl adjacent to an activating group) is 1. The van der Waals surface area contributed by atoms with Gasteiger partial charge in [0.1, 0.15) is 0 Å². The fourth-order valence-corrected chi connectivity index (χ4v) is 3.08. The molecule has 4 heteroatoms. The molecule has 0 aliphatic heterocycles. The molecule has 0 saturated heterocycles. The number of carbonyl (C=O) groups is 1. The normalized spacial score (nSPS) is 18.4. The molecule has 1 aromatic carbocycles. The minimum absolute atomic E-state index is 0.0775. The van der Waals surface area contributed by atoms with Crippen molar-refractivity contribution in [2.24, 2.45) is 5.73 Å². The molecular weight excluding hydrogens is 264 g/mol. The Kier molecular flexibility index (Phi) is 5.37. The number of rotatable bonds is 6. The third-order valence-corrected chi connectivity index (χ3v) is 4.35. The lowest BCUT2D eigenvalue weighted by Crippen LogP contribution is -2.48. The molecule has 1 aromatic rings. The van der Waals surface area contributed by atoms with Gasteiger partial charge in [-0.3, -0.25) is 4.79 Å². The van der Waals surface area contributed by atoms with Crippen molar-refractivity contribution in [3.8, 4) is 0 Å². The maximum atomic E-state index is 12.3. The van der Waals surface area contributed by atoms with Crippen LogP contribution in [-0.4, -0.2) is 41.1 Å². The Morgan fingerprint density at radius 1 is 1.33 bits per heavy atom. The average Bonchev–Trinajstić information content (AvgIpc) is 2.91. The van der Waals surface area contributed by atoms with Gasteiger partial charge in [-0.1, -0.05) is 43.2 Å². The number of carbonyl (C=O) groups excluding carboxylic acids is 1. The number of amides is 1. The van der Waals surface area contributed by atoms with Crippen LogP contribution in [0, 0.1) is 0 Å². The molecule has 0 aromatic heterocycles. The Labute approximate surface area is 126 Å². The van der Waals surface area contributed by atoms with Crippen LogP contribution in [0.4, 0.5) is 0 Å². The highest BCUT2D eigenvalue weighted by Gasteiger charge is 2.34. The summed E-state index contributed by atoms with van der Waals surface area (Å²) in [5.41, 5.74) is 6.50. The fourth-order valence-electron chi connectivity index (χ4n) is 3.08. The number of hydrogen-bond donors (Lipinski definition) is 2. The van der Waals surface area contributed by atoms with E-state index in [0.29, 0.717) is 13.0 Å². The quantitative estimate of drug-likeness (QED) is 0.838. The van der Waals surface area contributed by atoms with Crippen LogP contribution in [0.2, 0.25) is 0 Å². The minimum atomic E-state index is -0.705. The molecule has 2 rings (SSSR count). The van der Waals surface area contributed by atoms with Gasteiger partial charge in [-0.15, -0.1) is 0 Å². The topological polar surface area (TPSA) is 66.6 Å². The van der Waals surface area contributed by atoms with Crippen molar-refractivity contribution in [2.75, 3.05) is 13.6 Å². The standard InChI is InChI=1S/C17H26N2O2/c1-19(13-17(21)11-5-6-12-17)16(20)15(18)10-9-14-7-3-2-4-8-14/h2-4,7-8,15,21H,5-6,9-13,18H2,1H3. The Morgan fingerprint density at radius 2 is 1.95 bits per heavy atom. The lowest BCUT2D eigenvalue weighted by molar-refractivity contribution is -0.134. The van der Waals surface area contributed by atoms with Gasteiger partial charge in [-0.25, -0.2) is 0 Å². The lowest BCUT2D eigenvalue weighted by Gasteiger charge is -2.30. The van der Waals surface area contributed by atoms with E-state index in [2.05, 4.69) is 0 Å². The lowest BCUT2D eigenvalue weighted by atomic mass is 10.0. The van der Waals surface area contributed by atoms with Gasteiger partial charge in [-0.2, -0.15) is 0 Å². The summed E-state index contributed by atoms with van der Waals surface area (Å²) >= 11 is 0. The summed E-state index contributed by atoms with van der Waals surface area (Å²) in [4.78, 5) is 13.9. The molecule has 0 heterocycles. The molecule has 1 aliphatic carbocycles. The molecule has 1 fully saturated rings. The molecule has 1 atom stereocenters. The van der Waals surface area contributed by atoms with Crippen molar-refractivity contribution in [1.82, 2.24) is 4.90 Å². The average molecular weight is 290 g/mol. The minimum Gasteiger partial charge on any atom is -0.388 e. The molecule has 1 amide bonds. The number of nitrogens with zero attached hydrogens (tertiary/aromatic N) is 1. The van der Waals surface area contributed by atoms with E-state index < -0.39 is 11.6 Å². The first-order chi connectivity index (χ1) is 10.0. The van der Waals surface area contributed by atoms with E-state index >= 15 is 0 Å². The van der Waals surface area contributed by atoms with Crippen LogP contribution < -0.4 is 5.73 Å². The van der Waals surface area contributed by atoms with Crippen molar-refractivity contribution in [1.29, 1.82) is 0 Å². The summed E-state index contributed by atoms with van der Waals surface area (Å²) in [6.45, 7) is 0.394. The second kappa shape index (κ2) is 7.05. The van der Waals surface area contributed by atoms with Crippen LogP contribution in [0.1, 0.15) is 37.7 Å². The molecule has 116 valence electrons. The van der Waals surface area contributed by atoms with Gasteiger partial charge in [0.25, 0.3) is 0 Å². The molecule has 21 heavy (non-hydrogen) atoms. The maximum absolute atomic E-state index is 12.3. The summed E-state index contributed by atoms with van der Waals surface area (Å²) in [5.74, 6) is -0.0775. The van der Waals surface area contributed by atoms with Crippen molar-refractivity contribution in [3.63, 3.8) is 0 Å². The predicted octanol–water partition coefficient (Wildman–Crippen LogP) is 1.71. The van der Waals surface area contributed by atoms with E-state index in [4.69, 9.17) is 5.73 Å². The largest absolute Gasteiger partial charge is 0.388 e. The third kappa shape index (κ3) is 4.55. The fraction of sp³-hybridized carbons (Fsp3) is 0.588. The molecule has 0 spiro atoms. The van der Waals surface area contributed by atoms with Crippen LogP contribution >= 0.6 is 0 Å². The Balaban J connectivity index is 1.81. The third-order valence-electron chi connectivity index (χ3n) is 4.35. The van der Waals surface area contributed by atoms with E-state index in [1.807, 2.05) is 30.3 Å². The molecule has 1 saturated carbocycles. The monoisotopic (exact) mass is 290 g/mol. The summed E-state index contributed by atoms with van der Waals surface area (Å²) in [6, 6.07) is 9.55. The van der Waals surface area contributed by atoms with Crippen LogP contribution in [0.5, 0.6) is 0 Å². The smallest absolute Gasteiger partial charge is 0.239 e. The second-order valence-electron chi connectivity index (χ2n) is 6.26. The Hall–Kier alpha value is -1.39. The summed E-state index contributed by atoms with van der Waals surface area (Å²) in [6.07, 6.45) is 5.07. The Bertz CT molecular complexity index is 455. The molecule has 0 radical (unpaired) electrons. The van der Waals surface area contributed by atoms with Crippen LogP contribution in [-0.2, 0) is 11.2 Å². The van der Waals surface area contributed by atoms with Crippen LogP contribution in [0.3, 0.4) is 0 Å². The Morgan fingerprint density at radius 3 is 2.57 bits per heavy atom. The first-order valence-corrected chi connectivity index (χ1v) is 7.77. The molecule has 0 bridgehead atoms. The first kappa shape index (κ1) is 16.0.